The monoisotopic (exact) mass is 304 g/mol. The molecule has 1 unspecified atom stereocenters. The van der Waals surface area contributed by atoms with Crippen LogP contribution < -0.4 is 10.5 Å². The number of benzene rings is 2. The van der Waals surface area contributed by atoms with Gasteiger partial charge in [-0.25, -0.2) is 8.42 Å². The van der Waals surface area contributed by atoms with Gasteiger partial charge in [0.25, 0.3) is 10.0 Å². The fourth-order valence-corrected chi connectivity index (χ4v) is 3.31. The smallest absolute Gasteiger partial charge is 0.251 e. The van der Waals surface area contributed by atoms with Gasteiger partial charge >= 0.3 is 0 Å². The fraction of sp³-hybridized carbons (Fsp3) is 0.133. The number of hydrogen-bond acceptors (Lipinski definition) is 3. The molecule has 110 valence electrons. The van der Waals surface area contributed by atoms with Gasteiger partial charge in [-0.1, -0.05) is 48.5 Å². The largest absolute Gasteiger partial charge is 0.368 e. The minimum absolute atomic E-state index is 0.320. The Morgan fingerprint density at radius 2 is 1.48 bits per heavy atom. The predicted octanol–water partition coefficient (Wildman–Crippen LogP) is 1.83. The Hall–Kier alpha value is -2.34. The van der Waals surface area contributed by atoms with Crippen LogP contribution in [0.2, 0.25) is 0 Å². The summed E-state index contributed by atoms with van der Waals surface area (Å²) in [6.45, 7) is 1.30. The molecule has 2 rings (SSSR count). The van der Waals surface area contributed by atoms with Gasteiger partial charge in [0.15, 0.2) is 4.75 Å². The first-order valence-electron chi connectivity index (χ1n) is 6.31. The normalized spacial score (nSPS) is 14.1. The molecular formula is C15H16N2O3S. The van der Waals surface area contributed by atoms with Gasteiger partial charge in [-0.05, 0) is 24.6 Å². The van der Waals surface area contributed by atoms with Crippen LogP contribution in [-0.2, 0) is 19.6 Å². The summed E-state index contributed by atoms with van der Waals surface area (Å²) < 4.78 is 25.9. The maximum Gasteiger partial charge on any atom is 0.251 e. The van der Waals surface area contributed by atoms with E-state index in [9.17, 15) is 13.2 Å². The Kier molecular flexibility index (Phi) is 3.99. The van der Waals surface area contributed by atoms with Crippen molar-refractivity contribution in [3.63, 3.8) is 0 Å². The molecule has 5 nitrogen and oxygen atoms in total. The van der Waals surface area contributed by atoms with E-state index in [2.05, 4.69) is 4.72 Å². The van der Waals surface area contributed by atoms with Gasteiger partial charge in [0.1, 0.15) is 0 Å². The fourth-order valence-electron chi connectivity index (χ4n) is 1.95. The van der Waals surface area contributed by atoms with Crippen LogP contribution in [0.1, 0.15) is 12.5 Å². The quantitative estimate of drug-likeness (QED) is 0.883. The molecule has 0 radical (unpaired) electrons. The van der Waals surface area contributed by atoms with Crippen LogP contribution in [0.25, 0.3) is 0 Å². The van der Waals surface area contributed by atoms with Gasteiger partial charge < -0.3 is 5.73 Å². The molecule has 3 N–H and O–H groups in total. The van der Waals surface area contributed by atoms with Crippen LogP contribution in [0.4, 0.5) is 5.69 Å². The predicted molar refractivity (Wildman–Crippen MR) is 82.0 cm³/mol. The van der Waals surface area contributed by atoms with E-state index in [0.717, 1.165) is 0 Å². The second-order valence-electron chi connectivity index (χ2n) is 4.74. The van der Waals surface area contributed by atoms with Crippen molar-refractivity contribution >= 4 is 21.6 Å². The van der Waals surface area contributed by atoms with Crippen LogP contribution in [0.15, 0.2) is 60.7 Å². The molecule has 0 bridgehead atoms. The van der Waals surface area contributed by atoms with Crippen molar-refractivity contribution < 1.29 is 13.2 Å². The molecule has 0 saturated carbocycles. The summed E-state index contributed by atoms with van der Waals surface area (Å²) in [7, 11) is -4.05. The SMILES string of the molecule is CC(C(N)=O)(c1ccccc1)S(=O)(=O)Nc1ccccc1. The molecule has 0 aliphatic rings. The topological polar surface area (TPSA) is 89.3 Å². The van der Waals surface area contributed by atoms with Crippen LogP contribution in [0.3, 0.4) is 0 Å². The number of hydrogen-bond donors (Lipinski definition) is 2. The summed E-state index contributed by atoms with van der Waals surface area (Å²) in [4.78, 5) is 11.9. The van der Waals surface area contributed by atoms with E-state index in [1.54, 1.807) is 60.7 Å². The molecule has 0 saturated heterocycles. The highest BCUT2D eigenvalue weighted by Gasteiger charge is 2.46. The minimum Gasteiger partial charge on any atom is -0.368 e. The summed E-state index contributed by atoms with van der Waals surface area (Å²) in [5, 5.41) is 0. The standard InChI is InChI=1S/C15H16N2O3S/c1-15(14(16)18,12-8-4-2-5-9-12)21(19,20)17-13-10-6-3-7-11-13/h2-11,17H,1H3,(H2,16,18). The first-order valence-corrected chi connectivity index (χ1v) is 7.79. The molecule has 21 heavy (non-hydrogen) atoms. The summed E-state index contributed by atoms with van der Waals surface area (Å²) in [6.07, 6.45) is 0. The number of rotatable bonds is 5. The van der Waals surface area contributed by atoms with Crippen molar-refractivity contribution in [2.75, 3.05) is 4.72 Å². The molecule has 2 aromatic carbocycles. The zero-order valence-electron chi connectivity index (χ0n) is 11.5. The summed E-state index contributed by atoms with van der Waals surface area (Å²) >= 11 is 0. The van der Waals surface area contributed by atoms with Crippen LogP contribution in [0, 0.1) is 0 Å². The number of amides is 1. The number of carbonyl (C=O) groups excluding carboxylic acids is 1. The maximum atomic E-state index is 12.7. The van der Waals surface area contributed by atoms with Gasteiger partial charge in [0.2, 0.25) is 5.91 Å². The van der Waals surface area contributed by atoms with Crippen molar-refractivity contribution in [1.29, 1.82) is 0 Å². The summed E-state index contributed by atoms with van der Waals surface area (Å²) in [5.74, 6) is -0.933. The molecule has 6 heteroatoms. The van der Waals surface area contributed by atoms with Gasteiger partial charge in [0.05, 0.1) is 0 Å². The number of anilines is 1. The van der Waals surface area contributed by atoms with Crippen LogP contribution >= 0.6 is 0 Å². The Labute approximate surface area is 123 Å². The van der Waals surface area contributed by atoms with E-state index in [1.165, 1.54) is 6.92 Å². The molecule has 1 amide bonds. The van der Waals surface area contributed by atoms with Crippen LogP contribution in [0.5, 0.6) is 0 Å². The molecule has 0 spiro atoms. The van der Waals surface area contributed by atoms with E-state index in [1.807, 2.05) is 0 Å². The summed E-state index contributed by atoms with van der Waals surface area (Å²) in [6, 6.07) is 16.6. The summed E-state index contributed by atoms with van der Waals surface area (Å²) in [5.41, 5.74) is 6.08. The lowest BCUT2D eigenvalue weighted by Crippen LogP contribution is -2.48. The van der Waals surface area contributed by atoms with E-state index in [4.69, 9.17) is 5.73 Å². The number of nitrogens with two attached hydrogens (primary N) is 1. The number of sulfonamides is 1. The highest BCUT2D eigenvalue weighted by molar-refractivity contribution is 7.94. The lowest BCUT2D eigenvalue weighted by molar-refractivity contribution is -0.120. The third kappa shape index (κ3) is 2.75. The number of para-hydroxylation sites is 1. The molecular weight excluding hydrogens is 288 g/mol. The third-order valence-corrected chi connectivity index (χ3v) is 5.37. The Balaban J connectivity index is 2.50. The van der Waals surface area contributed by atoms with E-state index < -0.39 is 20.7 Å². The molecule has 0 aliphatic carbocycles. The van der Waals surface area contributed by atoms with E-state index in [-0.39, 0.29) is 0 Å². The zero-order chi connectivity index (χ0) is 15.5. The van der Waals surface area contributed by atoms with E-state index >= 15 is 0 Å². The van der Waals surface area contributed by atoms with Crippen molar-refractivity contribution in [1.82, 2.24) is 0 Å². The Bertz CT molecular complexity index is 730. The minimum atomic E-state index is -4.05. The number of primary amides is 1. The lowest BCUT2D eigenvalue weighted by atomic mass is 10.00. The first-order chi connectivity index (χ1) is 9.88. The molecule has 1 atom stereocenters. The Morgan fingerprint density at radius 3 is 1.95 bits per heavy atom. The van der Waals surface area contributed by atoms with Crippen molar-refractivity contribution in [3.8, 4) is 0 Å². The Morgan fingerprint density at radius 1 is 1.00 bits per heavy atom. The molecule has 0 fully saturated rings. The molecule has 0 aliphatic heterocycles. The second-order valence-corrected chi connectivity index (χ2v) is 6.76. The third-order valence-electron chi connectivity index (χ3n) is 3.36. The lowest BCUT2D eigenvalue weighted by Gasteiger charge is -2.27. The number of carbonyl (C=O) groups is 1. The average Bonchev–Trinajstić information content (AvgIpc) is 2.47. The number of nitrogens with one attached hydrogen (secondary N) is 1. The van der Waals surface area contributed by atoms with Crippen molar-refractivity contribution in [3.05, 3.63) is 66.2 Å². The van der Waals surface area contributed by atoms with Gasteiger partial charge in [0, 0.05) is 5.69 Å². The molecule has 2 aromatic rings. The van der Waals surface area contributed by atoms with Gasteiger partial charge in [-0.3, -0.25) is 9.52 Å². The highest BCUT2D eigenvalue weighted by Crippen LogP contribution is 2.31. The average molecular weight is 304 g/mol. The second kappa shape index (κ2) is 5.57. The van der Waals surface area contributed by atoms with Gasteiger partial charge in [-0.2, -0.15) is 0 Å². The first kappa shape index (κ1) is 15.1. The zero-order valence-corrected chi connectivity index (χ0v) is 12.3. The maximum absolute atomic E-state index is 12.7. The molecule has 0 aromatic heterocycles. The van der Waals surface area contributed by atoms with Gasteiger partial charge in [-0.15, -0.1) is 0 Å². The van der Waals surface area contributed by atoms with Crippen LogP contribution in [-0.4, -0.2) is 14.3 Å². The van der Waals surface area contributed by atoms with Crippen molar-refractivity contribution in [2.24, 2.45) is 5.73 Å². The molecule has 0 heterocycles. The van der Waals surface area contributed by atoms with Crippen molar-refractivity contribution in [2.45, 2.75) is 11.7 Å². The van der Waals surface area contributed by atoms with E-state index in [0.29, 0.717) is 11.3 Å². The highest BCUT2D eigenvalue weighted by atomic mass is 32.2.